The summed E-state index contributed by atoms with van der Waals surface area (Å²) >= 11 is 0. The van der Waals surface area contributed by atoms with Gasteiger partial charge in [0.1, 0.15) is 6.10 Å². The lowest BCUT2D eigenvalue weighted by Gasteiger charge is -2.03. The van der Waals surface area contributed by atoms with Crippen LogP contribution in [0.3, 0.4) is 0 Å². The predicted molar refractivity (Wildman–Crippen MR) is 85.3 cm³/mol. The van der Waals surface area contributed by atoms with Crippen LogP contribution in [0.15, 0.2) is 12.7 Å². The molecular weight excluding hydrogens is 264 g/mol. The quantitative estimate of drug-likeness (QED) is 0.307. The molecule has 0 rings (SSSR count). The number of esters is 1. The first-order chi connectivity index (χ1) is 10.1. The number of rotatable bonds is 9. The second-order valence-electron chi connectivity index (χ2n) is 4.88. The molecule has 0 aliphatic heterocycles. The Labute approximate surface area is 128 Å². The molecule has 0 amide bonds. The van der Waals surface area contributed by atoms with Crippen molar-refractivity contribution in [1.29, 1.82) is 0 Å². The molecule has 2 atom stereocenters. The average molecular weight is 290 g/mol. The number of aliphatic hydroxyl groups excluding tert-OH is 1. The third-order valence-electron chi connectivity index (χ3n) is 2.85. The van der Waals surface area contributed by atoms with Crippen molar-refractivity contribution in [3.05, 3.63) is 12.7 Å². The molecule has 0 bridgehead atoms. The summed E-state index contributed by atoms with van der Waals surface area (Å²) in [6.07, 6.45) is 7.95. The van der Waals surface area contributed by atoms with Crippen molar-refractivity contribution in [2.75, 3.05) is 0 Å². The van der Waals surface area contributed by atoms with Crippen LogP contribution in [0.5, 0.6) is 0 Å². The number of carbonyl (C=O) groups excluding carboxylic acids is 1. The summed E-state index contributed by atoms with van der Waals surface area (Å²) in [6, 6.07) is 0. The Bertz CT molecular complexity index is 417. The van der Waals surface area contributed by atoms with Crippen LogP contribution in [-0.4, -0.2) is 23.3 Å². The predicted octanol–water partition coefficient (Wildman–Crippen LogP) is 3.22. The van der Waals surface area contributed by atoms with Gasteiger partial charge in [-0.2, -0.15) is 0 Å². The summed E-state index contributed by atoms with van der Waals surface area (Å²) in [4.78, 5) is 10.8. The van der Waals surface area contributed by atoms with Crippen LogP contribution in [0, 0.1) is 23.7 Å². The van der Waals surface area contributed by atoms with Gasteiger partial charge in [0.05, 0.1) is 0 Å². The maximum atomic E-state index is 10.8. The summed E-state index contributed by atoms with van der Waals surface area (Å²) in [5.74, 6) is 10.1. The molecule has 0 saturated heterocycles. The van der Waals surface area contributed by atoms with E-state index in [1.807, 2.05) is 0 Å². The van der Waals surface area contributed by atoms with E-state index in [0.717, 1.165) is 12.8 Å². The monoisotopic (exact) mass is 290 g/mol. The highest BCUT2D eigenvalue weighted by Gasteiger charge is 2.01. The van der Waals surface area contributed by atoms with Crippen molar-refractivity contribution in [2.45, 2.75) is 71.0 Å². The summed E-state index contributed by atoms with van der Waals surface area (Å²) < 4.78 is 4.86. The minimum atomic E-state index is -0.646. The van der Waals surface area contributed by atoms with Crippen LogP contribution in [0.25, 0.3) is 0 Å². The molecule has 0 aromatic rings. The number of ether oxygens (including phenoxy) is 1. The lowest BCUT2D eigenvalue weighted by atomic mass is 10.1. The van der Waals surface area contributed by atoms with Crippen molar-refractivity contribution >= 4 is 5.97 Å². The van der Waals surface area contributed by atoms with Gasteiger partial charge in [-0.05, 0) is 36.7 Å². The molecule has 21 heavy (non-hydrogen) atoms. The molecule has 0 aliphatic rings. The van der Waals surface area contributed by atoms with E-state index in [0.29, 0.717) is 6.42 Å². The highest BCUT2D eigenvalue weighted by atomic mass is 16.5. The van der Waals surface area contributed by atoms with Gasteiger partial charge in [-0.3, -0.25) is 4.79 Å². The highest BCUT2D eigenvalue weighted by Crippen LogP contribution is 2.08. The third-order valence-corrected chi connectivity index (χ3v) is 2.85. The van der Waals surface area contributed by atoms with Gasteiger partial charge in [-0.15, -0.1) is 0 Å². The number of carbonyl (C=O) groups is 1. The number of hydrogen-bond acceptors (Lipinski definition) is 3. The SMILES string of the molecule is C=C[C@@H](C#CC#C[C@@H](O)CCCCCCCC)OC(C)=O. The second kappa shape index (κ2) is 13.3. The molecule has 1 N–H and O–H groups in total. The molecule has 0 unspecified atom stereocenters. The normalized spacial score (nSPS) is 12.1. The van der Waals surface area contributed by atoms with Gasteiger partial charge in [-0.1, -0.05) is 51.5 Å². The van der Waals surface area contributed by atoms with Gasteiger partial charge < -0.3 is 9.84 Å². The Morgan fingerprint density at radius 1 is 1.19 bits per heavy atom. The first kappa shape index (κ1) is 19.3. The van der Waals surface area contributed by atoms with Crippen molar-refractivity contribution in [3.8, 4) is 23.7 Å². The van der Waals surface area contributed by atoms with Gasteiger partial charge >= 0.3 is 5.97 Å². The molecule has 3 heteroatoms. The second-order valence-corrected chi connectivity index (χ2v) is 4.88. The Hall–Kier alpha value is -1.71. The smallest absolute Gasteiger partial charge is 0.304 e. The summed E-state index contributed by atoms with van der Waals surface area (Å²) in [7, 11) is 0. The Balaban J connectivity index is 3.93. The summed E-state index contributed by atoms with van der Waals surface area (Å²) in [5.41, 5.74) is 0. The fraction of sp³-hybridized carbons (Fsp3) is 0.611. The molecule has 0 fully saturated rings. The van der Waals surface area contributed by atoms with Crippen molar-refractivity contribution in [2.24, 2.45) is 0 Å². The van der Waals surface area contributed by atoms with Crippen LogP contribution in [-0.2, 0) is 9.53 Å². The topological polar surface area (TPSA) is 46.5 Å². The number of hydrogen-bond donors (Lipinski definition) is 1. The Morgan fingerprint density at radius 3 is 2.43 bits per heavy atom. The number of aliphatic hydroxyl groups is 1. The van der Waals surface area contributed by atoms with Crippen molar-refractivity contribution < 1.29 is 14.6 Å². The lowest BCUT2D eigenvalue weighted by molar-refractivity contribution is -0.142. The van der Waals surface area contributed by atoms with Gasteiger partial charge in [0.15, 0.2) is 6.10 Å². The molecule has 0 heterocycles. The molecular formula is C18H26O3. The lowest BCUT2D eigenvalue weighted by Crippen LogP contribution is -2.10. The Kier molecular flexibility index (Phi) is 12.2. The van der Waals surface area contributed by atoms with E-state index >= 15 is 0 Å². The maximum absolute atomic E-state index is 10.8. The van der Waals surface area contributed by atoms with Crippen LogP contribution in [0.2, 0.25) is 0 Å². The van der Waals surface area contributed by atoms with E-state index in [2.05, 4.69) is 37.2 Å². The molecule has 0 aromatic heterocycles. The van der Waals surface area contributed by atoms with Gasteiger partial charge in [-0.25, -0.2) is 0 Å². The maximum Gasteiger partial charge on any atom is 0.304 e. The largest absolute Gasteiger partial charge is 0.445 e. The van der Waals surface area contributed by atoms with E-state index in [1.165, 1.54) is 38.7 Å². The molecule has 116 valence electrons. The van der Waals surface area contributed by atoms with Crippen LogP contribution in [0.1, 0.15) is 58.8 Å². The van der Waals surface area contributed by atoms with E-state index in [-0.39, 0.29) is 0 Å². The van der Waals surface area contributed by atoms with Crippen LogP contribution in [0.4, 0.5) is 0 Å². The van der Waals surface area contributed by atoms with Gasteiger partial charge in [0, 0.05) is 6.92 Å². The molecule has 0 saturated carbocycles. The molecule has 0 aliphatic carbocycles. The fourth-order valence-corrected chi connectivity index (χ4v) is 1.73. The molecule has 0 spiro atoms. The third kappa shape index (κ3) is 13.0. The van der Waals surface area contributed by atoms with E-state index in [9.17, 15) is 9.90 Å². The van der Waals surface area contributed by atoms with Crippen molar-refractivity contribution in [3.63, 3.8) is 0 Å². The first-order valence-electron chi connectivity index (χ1n) is 7.59. The zero-order valence-electron chi connectivity index (χ0n) is 13.2. The minimum absolute atomic E-state index is 0.412. The van der Waals surface area contributed by atoms with E-state index in [4.69, 9.17) is 4.74 Å². The van der Waals surface area contributed by atoms with E-state index in [1.54, 1.807) is 0 Å². The fourth-order valence-electron chi connectivity index (χ4n) is 1.73. The van der Waals surface area contributed by atoms with E-state index < -0.39 is 18.2 Å². The van der Waals surface area contributed by atoms with Crippen LogP contribution < -0.4 is 0 Å². The summed E-state index contributed by atoms with van der Waals surface area (Å²) in [5, 5.41) is 9.67. The summed E-state index contributed by atoms with van der Waals surface area (Å²) in [6.45, 7) is 7.03. The minimum Gasteiger partial charge on any atom is -0.445 e. The first-order valence-corrected chi connectivity index (χ1v) is 7.59. The highest BCUT2D eigenvalue weighted by molar-refractivity contribution is 5.66. The Morgan fingerprint density at radius 2 is 1.81 bits per heavy atom. The van der Waals surface area contributed by atoms with Crippen molar-refractivity contribution in [1.82, 2.24) is 0 Å². The molecule has 0 radical (unpaired) electrons. The molecule has 3 nitrogen and oxygen atoms in total. The van der Waals surface area contributed by atoms with Crippen LogP contribution >= 0.6 is 0 Å². The van der Waals surface area contributed by atoms with Gasteiger partial charge in [0.25, 0.3) is 0 Å². The van der Waals surface area contributed by atoms with Gasteiger partial charge in [0.2, 0.25) is 0 Å². The number of unbranched alkanes of at least 4 members (excludes halogenated alkanes) is 5. The standard InChI is InChI=1S/C18H26O3/c1-4-6-7-8-9-10-13-17(20)14-11-12-15-18(5-2)21-16(3)19/h5,17-18,20H,2,4,6-10,13H2,1,3H3/t17-,18-/m0/s1. The molecule has 0 aromatic carbocycles. The average Bonchev–Trinajstić information content (AvgIpc) is 2.45. The zero-order chi connectivity index (χ0) is 15.9. The zero-order valence-corrected chi connectivity index (χ0v) is 13.2.